The molecule has 0 aliphatic carbocycles. The van der Waals surface area contributed by atoms with Gasteiger partial charge in [0.1, 0.15) is 49.7 Å². The van der Waals surface area contributed by atoms with Crippen LogP contribution in [0.15, 0.2) is 64.1 Å². The minimum atomic E-state index is -0.711. The number of carbonyl (C=O) groups excluding carboxylic acids is 4. The third kappa shape index (κ3) is 8.27. The first-order valence-electron chi connectivity index (χ1n) is 17.0. The van der Waals surface area contributed by atoms with Gasteiger partial charge in [0.15, 0.2) is 34.2 Å². The van der Waals surface area contributed by atoms with E-state index >= 15 is 0 Å². The molecule has 7 heterocycles. The molecule has 2 atom stereocenters. The second-order valence-corrected chi connectivity index (χ2v) is 12.3. The van der Waals surface area contributed by atoms with Crippen LogP contribution in [-0.4, -0.2) is 66.6 Å². The first-order valence-corrected chi connectivity index (χ1v) is 17.0. The van der Waals surface area contributed by atoms with Crippen molar-refractivity contribution < 1.29 is 45.7 Å². The zero-order chi connectivity index (χ0) is 37.6. The van der Waals surface area contributed by atoms with Gasteiger partial charge in [-0.25, -0.2) is 29.9 Å². The van der Waals surface area contributed by atoms with Crippen molar-refractivity contribution in [3.63, 3.8) is 0 Å². The Balaban J connectivity index is 1.19. The van der Waals surface area contributed by atoms with Crippen molar-refractivity contribution in [3.05, 3.63) is 60.7 Å². The molecule has 4 N–H and O–H groups in total. The number of unbranched alkanes of at least 4 members (excludes halogenated alkanes) is 2. The molecule has 0 saturated heterocycles. The van der Waals surface area contributed by atoms with Crippen molar-refractivity contribution >= 4 is 23.6 Å². The van der Waals surface area contributed by atoms with Gasteiger partial charge in [0.2, 0.25) is 47.2 Å². The maximum atomic E-state index is 13.4. The Morgan fingerprint density at radius 3 is 1.24 bits per heavy atom. The molecule has 54 heavy (non-hydrogen) atoms. The Bertz CT molecular complexity index is 2100. The molecule has 12 bridgehead atoms. The van der Waals surface area contributed by atoms with Crippen LogP contribution in [0.3, 0.4) is 0 Å². The second kappa shape index (κ2) is 15.8. The van der Waals surface area contributed by atoms with Crippen molar-refractivity contribution in [2.24, 2.45) is 0 Å². The summed E-state index contributed by atoms with van der Waals surface area (Å²) in [7, 11) is 0. The maximum Gasteiger partial charge on any atom is 0.273 e. The minimum absolute atomic E-state index is 0.00887. The number of carbonyl (C=O) groups is 4. The lowest BCUT2D eigenvalue weighted by molar-refractivity contribution is -0.119. The van der Waals surface area contributed by atoms with E-state index in [0.717, 1.165) is 0 Å². The van der Waals surface area contributed by atoms with Crippen LogP contribution in [0.4, 0.5) is 0 Å². The lowest BCUT2D eigenvalue weighted by atomic mass is 10.1. The topological polar surface area (TPSA) is 273 Å². The van der Waals surface area contributed by atoms with E-state index in [2.05, 4.69) is 51.2 Å². The standard InChI is InChI=1S/C34H34N10O10/c1-17(45)35-9-5-3-7-19-29-41-25(13-51-29)33-43-24(15-53-33)32-40-22(12-50-32)28(48)38-20(8-4-6-10-36-18(2)46)30-42-26(14-52-30)34-44-23(16-54-34)31-39-21(11-49-31)27(47)37-19/h11-16,19-20H,3-10H2,1-2H3,(H,35,45)(H,36,46)(H,37,47)(H,38,48)/t19-,20-/m0/s1. The molecule has 20 nitrogen and oxygen atoms in total. The fraction of sp³-hybridized carbons (Fsp3) is 0.353. The summed E-state index contributed by atoms with van der Waals surface area (Å²) in [5, 5.41) is 11.3. The number of rotatable bonds is 10. The summed E-state index contributed by atoms with van der Waals surface area (Å²) in [6, 6.07) is -1.42. The SMILES string of the molecule is CC(=O)NCCCC[C@@H]1NC(=O)c2coc(n2)-c2coc(n2)-c2coc(n2)[C@H](CCCCNC(C)=O)NC(=O)c2coc(n2)-c2coc(n2)-c2coc1n2. The number of amides is 4. The molecule has 6 aromatic rings. The van der Waals surface area contributed by atoms with Crippen LogP contribution in [0, 0.1) is 0 Å². The number of nitrogens with zero attached hydrogens (tertiary/aromatic N) is 6. The zero-order valence-corrected chi connectivity index (χ0v) is 29.0. The van der Waals surface area contributed by atoms with Gasteiger partial charge < -0.3 is 47.8 Å². The number of nitrogens with one attached hydrogen (secondary N) is 4. The summed E-state index contributed by atoms with van der Waals surface area (Å²) in [4.78, 5) is 76.0. The van der Waals surface area contributed by atoms with Crippen molar-refractivity contribution in [2.45, 2.75) is 64.5 Å². The predicted molar refractivity (Wildman–Crippen MR) is 180 cm³/mol. The van der Waals surface area contributed by atoms with E-state index in [1.165, 1.54) is 51.4 Å². The number of fused-ring (bicyclic) bond motifs is 16. The molecule has 0 aromatic carbocycles. The van der Waals surface area contributed by atoms with Crippen LogP contribution in [-0.2, 0) is 9.59 Å². The van der Waals surface area contributed by atoms with E-state index in [4.69, 9.17) is 26.5 Å². The van der Waals surface area contributed by atoms with Crippen molar-refractivity contribution in [3.8, 4) is 46.3 Å². The zero-order valence-electron chi connectivity index (χ0n) is 29.0. The van der Waals surface area contributed by atoms with E-state index < -0.39 is 23.9 Å². The molecule has 4 amide bonds. The average Bonchev–Trinajstić information content (AvgIpc) is 3.99. The number of hydrogen-bond acceptors (Lipinski definition) is 16. The average molecular weight is 743 g/mol. The molecule has 0 saturated carbocycles. The first kappa shape index (κ1) is 35.5. The number of aromatic nitrogens is 6. The summed E-state index contributed by atoms with van der Waals surface area (Å²) in [5.41, 5.74) is 0.745. The molecule has 0 spiro atoms. The summed E-state index contributed by atoms with van der Waals surface area (Å²) in [6.07, 6.45) is 10.9. The van der Waals surface area contributed by atoms with Crippen LogP contribution in [0.2, 0.25) is 0 Å². The summed E-state index contributed by atoms with van der Waals surface area (Å²) in [5.74, 6) is -0.922. The van der Waals surface area contributed by atoms with Gasteiger partial charge in [0.25, 0.3) is 11.8 Å². The molecule has 0 fully saturated rings. The molecule has 0 radical (unpaired) electrons. The van der Waals surface area contributed by atoms with Gasteiger partial charge in [-0.15, -0.1) is 0 Å². The fourth-order valence-corrected chi connectivity index (χ4v) is 5.52. The van der Waals surface area contributed by atoms with Crippen LogP contribution in [0.5, 0.6) is 0 Å². The smallest absolute Gasteiger partial charge is 0.273 e. The largest absolute Gasteiger partial charge is 0.446 e. The van der Waals surface area contributed by atoms with Gasteiger partial charge in [-0.3, -0.25) is 19.2 Å². The Morgan fingerprint density at radius 2 is 0.852 bits per heavy atom. The molecule has 7 rings (SSSR count). The Kier molecular flexibility index (Phi) is 10.4. The normalized spacial score (nSPS) is 15.6. The summed E-state index contributed by atoms with van der Waals surface area (Å²) < 4.78 is 34.0. The monoisotopic (exact) mass is 742 g/mol. The van der Waals surface area contributed by atoms with E-state index in [0.29, 0.717) is 51.6 Å². The van der Waals surface area contributed by atoms with Crippen LogP contribution < -0.4 is 21.3 Å². The third-order valence-electron chi connectivity index (χ3n) is 8.20. The molecule has 280 valence electrons. The van der Waals surface area contributed by atoms with Crippen molar-refractivity contribution in [1.82, 2.24) is 51.2 Å². The second-order valence-electron chi connectivity index (χ2n) is 12.3. The van der Waals surface area contributed by atoms with Gasteiger partial charge in [-0.05, 0) is 38.5 Å². The quantitative estimate of drug-likeness (QED) is 0.143. The minimum Gasteiger partial charge on any atom is -0.446 e. The lowest BCUT2D eigenvalue weighted by Gasteiger charge is -2.15. The molecule has 0 unspecified atom stereocenters. The molecule has 6 aromatic heterocycles. The predicted octanol–water partition coefficient (Wildman–Crippen LogP) is 4.15. The van der Waals surface area contributed by atoms with E-state index in [9.17, 15) is 19.2 Å². The van der Waals surface area contributed by atoms with Crippen LogP contribution in [0.1, 0.15) is 97.2 Å². The summed E-state index contributed by atoms with van der Waals surface area (Å²) >= 11 is 0. The van der Waals surface area contributed by atoms with Crippen LogP contribution >= 0.6 is 0 Å². The number of oxazole rings is 6. The first-order chi connectivity index (χ1) is 26.2. The highest BCUT2D eigenvalue weighted by Gasteiger charge is 2.28. The van der Waals surface area contributed by atoms with E-state index in [-0.39, 0.29) is 81.3 Å². The van der Waals surface area contributed by atoms with Gasteiger partial charge in [-0.2, -0.15) is 0 Å². The van der Waals surface area contributed by atoms with Gasteiger partial charge in [0.05, 0.1) is 0 Å². The molecular formula is C34H34N10O10. The Labute approximate surface area is 304 Å². The maximum absolute atomic E-state index is 13.4. The highest BCUT2D eigenvalue weighted by atomic mass is 16.4. The highest BCUT2D eigenvalue weighted by Crippen LogP contribution is 2.30. The van der Waals surface area contributed by atoms with Crippen LogP contribution in [0.25, 0.3) is 46.3 Å². The van der Waals surface area contributed by atoms with Gasteiger partial charge >= 0.3 is 0 Å². The third-order valence-corrected chi connectivity index (χ3v) is 8.20. The molecule has 1 aliphatic rings. The van der Waals surface area contributed by atoms with Crippen molar-refractivity contribution in [2.75, 3.05) is 13.1 Å². The highest BCUT2D eigenvalue weighted by molar-refractivity contribution is 5.93. The molecule has 1 aliphatic heterocycles. The van der Waals surface area contributed by atoms with Gasteiger partial charge in [-0.1, -0.05) is 0 Å². The van der Waals surface area contributed by atoms with Crippen molar-refractivity contribution in [1.29, 1.82) is 0 Å². The molecule has 20 heteroatoms. The number of hydrogen-bond donors (Lipinski definition) is 4. The fourth-order valence-electron chi connectivity index (χ4n) is 5.52. The lowest BCUT2D eigenvalue weighted by Crippen LogP contribution is -2.29. The van der Waals surface area contributed by atoms with Gasteiger partial charge in [0, 0.05) is 26.9 Å². The Hall–Kier alpha value is -6.86. The molecular weight excluding hydrogens is 708 g/mol. The van der Waals surface area contributed by atoms with E-state index in [1.807, 2.05) is 0 Å². The summed E-state index contributed by atoms with van der Waals surface area (Å²) in [6.45, 7) is 3.79. The Morgan fingerprint density at radius 1 is 0.519 bits per heavy atom. The van der Waals surface area contributed by atoms with E-state index in [1.54, 1.807) is 0 Å².